The first-order valence-corrected chi connectivity index (χ1v) is 7.31. The van der Waals surface area contributed by atoms with E-state index < -0.39 is 0 Å². The number of H-pyrrole nitrogens is 1. The third-order valence-corrected chi connectivity index (χ3v) is 3.63. The quantitative estimate of drug-likeness (QED) is 0.587. The molecular formula is C16H15ClN2O2. The Labute approximate surface area is 126 Å². The van der Waals surface area contributed by atoms with E-state index >= 15 is 0 Å². The summed E-state index contributed by atoms with van der Waals surface area (Å²) in [7, 11) is 0. The number of unbranched alkanes of at least 4 members (excludes halogenated alkanes) is 1. The SMILES string of the molecule is CCCCOc1nccc2[nH]c(=O)c3ccc(Cl)cc3c12. The van der Waals surface area contributed by atoms with Crippen molar-refractivity contribution in [1.29, 1.82) is 0 Å². The molecule has 3 rings (SSSR count). The van der Waals surface area contributed by atoms with Crippen LogP contribution in [-0.4, -0.2) is 16.6 Å². The van der Waals surface area contributed by atoms with Crippen LogP contribution < -0.4 is 10.3 Å². The van der Waals surface area contributed by atoms with Crippen LogP contribution in [0.3, 0.4) is 0 Å². The number of nitrogens with one attached hydrogen (secondary N) is 1. The fourth-order valence-electron chi connectivity index (χ4n) is 2.34. The highest BCUT2D eigenvalue weighted by molar-refractivity contribution is 6.31. The maximum absolute atomic E-state index is 12.1. The minimum absolute atomic E-state index is 0.139. The van der Waals surface area contributed by atoms with E-state index in [9.17, 15) is 4.79 Å². The van der Waals surface area contributed by atoms with E-state index in [2.05, 4.69) is 16.9 Å². The van der Waals surface area contributed by atoms with Crippen molar-refractivity contribution in [2.75, 3.05) is 6.61 Å². The van der Waals surface area contributed by atoms with Crippen LogP contribution >= 0.6 is 11.6 Å². The number of ether oxygens (including phenoxy) is 1. The summed E-state index contributed by atoms with van der Waals surface area (Å²) in [5, 5.41) is 2.73. The van der Waals surface area contributed by atoms with Gasteiger partial charge in [-0.15, -0.1) is 0 Å². The van der Waals surface area contributed by atoms with Crippen LogP contribution in [0.5, 0.6) is 5.88 Å². The molecule has 5 heteroatoms. The van der Waals surface area contributed by atoms with Gasteiger partial charge in [0.1, 0.15) is 0 Å². The molecule has 0 saturated carbocycles. The maximum Gasteiger partial charge on any atom is 0.256 e. The van der Waals surface area contributed by atoms with Gasteiger partial charge in [0.05, 0.1) is 17.5 Å². The number of benzene rings is 1. The second-order valence-corrected chi connectivity index (χ2v) is 5.32. The summed E-state index contributed by atoms with van der Waals surface area (Å²) in [6.07, 6.45) is 3.64. The smallest absolute Gasteiger partial charge is 0.256 e. The van der Waals surface area contributed by atoms with Gasteiger partial charge in [0.25, 0.3) is 5.56 Å². The highest BCUT2D eigenvalue weighted by Gasteiger charge is 2.11. The summed E-state index contributed by atoms with van der Waals surface area (Å²) in [6, 6.07) is 6.98. The number of aromatic amines is 1. The van der Waals surface area contributed by atoms with Gasteiger partial charge in [-0.25, -0.2) is 4.98 Å². The minimum Gasteiger partial charge on any atom is -0.477 e. The van der Waals surface area contributed by atoms with Gasteiger partial charge in [0.15, 0.2) is 0 Å². The molecule has 2 aromatic heterocycles. The van der Waals surface area contributed by atoms with E-state index in [0.29, 0.717) is 28.4 Å². The summed E-state index contributed by atoms with van der Waals surface area (Å²) in [4.78, 5) is 19.3. The standard InChI is InChI=1S/C16H15ClN2O2/c1-2-3-8-21-16-14-12-9-10(17)4-5-11(12)15(20)19-13(14)6-7-18-16/h4-7,9H,2-3,8H2,1H3,(H,19,20). The van der Waals surface area contributed by atoms with Crippen molar-refractivity contribution in [3.63, 3.8) is 0 Å². The van der Waals surface area contributed by atoms with E-state index in [1.807, 2.05) is 0 Å². The molecule has 0 aliphatic heterocycles. The number of rotatable bonds is 4. The Morgan fingerprint density at radius 2 is 2.14 bits per heavy atom. The lowest BCUT2D eigenvalue weighted by atomic mass is 10.1. The van der Waals surface area contributed by atoms with Crippen molar-refractivity contribution in [2.24, 2.45) is 0 Å². The van der Waals surface area contributed by atoms with E-state index in [1.165, 1.54) is 0 Å². The van der Waals surface area contributed by atoms with Crippen LogP contribution in [0.1, 0.15) is 19.8 Å². The molecule has 0 amide bonds. The fraction of sp³-hybridized carbons (Fsp3) is 0.250. The molecule has 0 spiro atoms. The van der Waals surface area contributed by atoms with Crippen molar-refractivity contribution >= 4 is 33.3 Å². The fourth-order valence-corrected chi connectivity index (χ4v) is 2.51. The predicted molar refractivity (Wildman–Crippen MR) is 85.3 cm³/mol. The Morgan fingerprint density at radius 1 is 1.29 bits per heavy atom. The van der Waals surface area contributed by atoms with Crippen LogP contribution in [0.2, 0.25) is 5.02 Å². The van der Waals surface area contributed by atoms with Gasteiger partial charge >= 0.3 is 0 Å². The molecule has 2 heterocycles. The van der Waals surface area contributed by atoms with Gasteiger partial charge in [0, 0.05) is 22.0 Å². The second kappa shape index (κ2) is 5.74. The lowest BCUT2D eigenvalue weighted by Crippen LogP contribution is -2.08. The van der Waals surface area contributed by atoms with Crippen molar-refractivity contribution < 1.29 is 4.74 Å². The Balaban J connectivity index is 2.29. The zero-order chi connectivity index (χ0) is 14.8. The van der Waals surface area contributed by atoms with Crippen LogP contribution in [0, 0.1) is 0 Å². The van der Waals surface area contributed by atoms with Gasteiger partial charge in [-0.2, -0.15) is 0 Å². The van der Waals surface area contributed by atoms with Crippen LogP contribution in [-0.2, 0) is 0 Å². The third kappa shape index (κ3) is 2.59. The molecule has 0 aliphatic carbocycles. The Hall–Kier alpha value is -2.07. The average Bonchev–Trinajstić information content (AvgIpc) is 2.47. The Bertz CT molecular complexity index is 858. The van der Waals surface area contributed by atoms with Gasteiger partial charge in [-0.05, 0) is 30.7 Å². The lowest BCUT2D eigenvalue weighted by Gasteiger charge is -2.10. The third-order valence-electron chi connectivity index (χ3n) is 3.40. The molecule has 0 atom stereocenters. The first kappa shape index (κ1) is 13.9. The number of hydrogen-bond donors (Lipinski definition) is 1. The van der Waals surface area contributed by atoms with E-state index in [1.54, 1.807) is 30.5 Å². The summed E-state index contributed by atoms with van der Waals surface area (Å²) in [5.74, 6) is 0.532. The second-order valence-electron chi connectivity index (χ2n) is 4.88. The first-order chi connectivity index (χ1) is 10.2. The van der Waals surface area contributed by atoms with Crippen molar-refractivity contribution in [3.8, 4) is 5.88 Å². The van der Waals surface area contributed by atoms with Crippen molar-refractivity contribution in [2.45, 2.75) is 19.8 Å². The molecule has 1 N–H and O–H groups in total. The monoisotopic (exact) mass is 302 g/mol. The molecule has 21 heavy (non-hydrogen) atoms. The molecule has 0 aliphatic rings. The molecule has 0 fully saturated rings. The molecule has 3 aromatic rings. The number of pyridine rings is 2. The van der Waals surface area contributed by atoms with Gasteiger partial charge in [-0.3, -0.25) is 4.79 Å². The number of nitrogens with zero attached hydrogens (tertiary/aromatic N) is 1. The van der Waals surface area contributed by atoms with E-state index in [0.717, 1.165) is 23.6 Å². The first-order valence-electron chi connectivity index (χ1n) is 6.93. The molecule has 108 valence electrons. The topological polar surface area (TPSA) is 55.0 Å². The van der Waals surface area contributed by atoms with Gasteiger partial charge in [0.2, 0.25) is 5.88 Å². The normalized spacial score (nSPS) is 11.1. The largest absolute Gasteiger partial charge is 0.477 e. The van der Waals surface area contributed by atoms with Crippen LogP contribution in [0.15, 0.2) is 35.3 Å². The minimum atomic E-state index is -0.139. The van der Waals surface area contributed by atoms with Crippen LogP contribution in [0.25, 0.3) is 21.7 Å². The molecule has 4 nitrogen and oxygen atoms in total. The van der Waals surface area contributed by atoms with E-state index in [-0.39, 0.29) is 5.56 Å². The molecular weight excluding hydrogens is 288 g/mol. The predicted octanol–water partition coefficient (Wildman–Crippen LogP) is 3.91. The lowest BCUT2D eigenvalue weighted by molar-refractivity contribution is 0.302. The number of aromatic nitrogens is 2. The molecule has 0 radical (unpaired) electrons. The van der Waals surface area contributed by atoms with Crippen LogP contribution in [0.4, 0.5) is 0 Å². The number of halogens is 1. The van der Waals surface area contributed by atoms with Crippen molar-refractivity contribution in [1.82, 2.24) is 9.97 Å². The zero-order valence-corrected chi connectivity index (χ0v) is 12.4. The van der Waals surface area contributed by atoms with E-state index in [4.69, 9.17) is 16.3 Å². The highest BCUT2D eigenvalue weighted by Crippen LogP contribution is 2.30. The summed E-state index contributed by atoms with van der Waals surface area (Å²) in [5.41, 5.74) is 0.566. The number of fused-ring (bicyclic) bond motifs is 3. The highest BCUT2D eigenvalue weighted by atomic mass is 35.5. The number of hydrogen-bond acceptors (Lipinski definition) is 3. The summed E-state index contributed by atoms with van der Waals surface area (Å²) >= 11 is 6.08. The van der Waals surface area contributed by atoms with Gasteiger partial charge in [-0.1, -0.05) is 24.9 Å². The molecule has 1 aromatic carbocycles. The molecule has 0 saturated heterocycles. The maximum atomic E-state index is 12.1. The summed E-state index contributed by atoms with van der Waals surface area (Å²) in [6.45, 7) is 2.70. The Kier molecular flexibility index (Phi) is 3.80. The Morgan fingerprint density at radius 3 is 2.95 bits per heavy atom. The summed E-state index contributed by atoms with van der Waals surface area (Å²) < 4.78 is 5.77. The van der Waals surface area contributed by atoms with Crippen molar-refractivity contribution in [3.05, 3.63) is 45.8 Å². The zero-order valence-electron chi connectivity index (χ0n) is 11.6. The average molecular weight is 303 g/mol. The molecule has 0 bridgehead atoms. The molecule has 0 unspecified atom stereocenters. The van der Waals surface area contributed by atoms with Gasteiger partial charge < -0.3 is 9.72 Å².